The lowest BCUT2D eigenvalue weighted by molar-refractivity contribution is -0.160. The van der Waals surface area contributed by atoms with Gasteiger partial charge in [0.2, 0.25) is 0 Å². The molecule has 360 valence electrons. The summed E-state index contributed by atoms with van der Waals surface area (Å²) in [7, 11) is 1.44. The highest BCUT2D eigenvalue weighted by atomic mass is 16.7. The van der Waals surface area contributed by atoms with Gasteiger partial charge < -0.3 is 49.4 Å². The van der Waals surface area contributed by atoms with Crippen LogP contribution < -0.4 is 14.8 Å². The highest BCUT2D eigenvalue weighted by molar-refractivity contribution is 6.21. The Morgan fingerprint density at radius 3 is 2.15 bits per heavy atom. The average molecular weight is 910 g/mol. The molecule has 3 aliphatic rings. The maximum absolute atomic E-state index is 14.7. The van der Waals surface area contributed by atoms with E-state index in [9.17, 15) is 39.6 Å². The van der Waals surface area contributed by atoms with Gasteiger partial charge in [0.25, 0.3) is 17.6 Å². The standard InChI is InChI=1S/C49H71N3O13/c1-13-16-23-52(51(21-14-2)22-15-3)37(54)26-62-36-25-34-44(58)39-38(36)40-46(32(9)43(39)57)65-49(11,47(40)59)63-24-20-35(61-12)29(6)45(64-33(10)53)31(8)42(56)30(7)41(55)27(4)18-17-19-28(5)48(60)50-34/h17-20,24-25,27,29-31,35,41-42,45,55-58H,13-16,21-23,26H2,1-12H3,(H,50,60)/b18-17+,24-20+,28-19?. The minimum atomic E-state index is -2.04. The second kappa shape index (κ2) is 22.8. The van der Waals surface area contributed by atoms with Gasteiger partial charge in [-0.1, -0.05) is 73.1 Å². The van der Waals surface area contributed by atoms with E-state index in [0.717, 1.165) is 25.7 Å². The first kappa shape index (κ1) is 52.5. The van der Waals surface area contributed by atoms with E-state index in [0.29, 0.717) is 19.6 Å². The van der Waals surface area contributed by atoms with E-state index in [1.807, 2.05) is 25.8 Å². The van der Waals surface area contributed by atoms with E-state index in [1.54, 1.807) is 51.8 Å². The number of carbonyl (C=O) groups is 4. The largest absolute Gasteiger partial charge is 0.507 e. The number of allylic oxidation sites excluding steroid dienone is 2. The Kier molecular flexibility index (Phi) is 18.4. The van der Waals surface area contributed by atoms with Crippen molar-refractivity contribution in [2.45, 2.75) is 132 Å². The van der Waals surface area contributed by atoms with Crippen LogP contribution in [0, 0.1) is 30.6 Å². The Morgan fingerprint density at radius 2 is 1.55 bits per heavy atom. The molecule has 3 aliphatic heterocycles. The fourth-order valence-corrected chi connectivity index (χ4v) is 8.56. The molecule has 0 radical (unpaired) electrons. The Labute approximate surface area is 383 Å². The molecule has 2 aromatic carbocycles. The van der Waals surface area contributed by atoms with Crippen molar-refractivity contribution >= 4 is 40.0 Å². The lowest BCUT2D eigenvalue weighted by Gasteiger charge is -2.38. The van der Waals surface area contributed by atoms with Crippen molar-refractivity contribution in [1.82, 2.24) is 10.0 Å². The highest BCUT2D eigenvalue weighted by Crippen LogP contribution is 2.54. The van der Waals surface area contributed by atoms with Crippen molar-refractivity contribution in [2.75, 3.05) is 38.7 Å². The zero-order valence-corrected chi connectivity index (χ0v) is 40.1. The first-order chi connectivity index (χ1) is 30.7. The molecule has 5 rings (SSSR count). The van der Waals surface area contributed by atoms with Crippen LogP contribution in [0.15, 0.2) is 42.2 Å². The molecule has 3 heterocycles. The van der Waals surface area contributed by atoms with Crippen LogP contribution in [0.3, 0.4) is 0 Å². The number of hydrogen-bond acceptors (Lipinski definition) is 14. The molecule has 9 unspecified atom stereocenters. The summed E-state index contributed by atoms with van der Waals surface area (Å²) < 4.78 is 30.2. The van der Waals surface area contributed by atoms with Crippen LogP contribution in [0.25, 0.3) is 10.8 Å². The predicted octanol–water partition coefficient (Wildman–Crippen LogP) is 7.09. The number of nitrogens with zero attached hydrogens (tertiary/aromatic N) is 2. The lowest BCUT2D eigenvalue weighted by Crippen LogP contribution is -2.49. The molecule has 2 aromatic rings. The number of methoxy groups -OCH3 is 1. The summed E-state index contributed by atoms with van der Waals surface area (Å²) in [6.07, 6.45) is 6.83. The number of esters is 1. The zero-order valence-electron chi connectivity index (χ0n) is 40.1. The maximum atomic E-state index is 14.7. The van der Waals surface area contributed by atoms with Gasteiger partial charge in [0.15, 0.2) is 12.4 Å². The molecule has 0 saturated carbocycles. The monoisotopic (exact) mass is 909 g/mol. The SMILES string of the molecule is CCCCN(C(=O)COc1cc2c(O)c3c(O)c(C)c4c(c13)C(=O)C(C)(O/C=C/C(OC)C(C)C(OC(C)=O)C(C)C(O)C(C)C(O)C(C)/C=C/C=C(C)C(=O)N2)O4)N(CCC)CCC. The number of hydrogen-bond donors (Lipinski definition) is 5. The van der Waals surface area contributed by atoms with E-state index >= 15 is 0 Å². The number of anilines is 1. The summed E-state index contributed by atoms with van der Waals surface area (Å²) in [6, 6.07) is 1.30. The summed E-state index contributed by atoms with van der Waals surface area (Å²) in [5.41, 5.74) is 0.00208. The summed E-state index contributed by atoms with van der Waals surface area (Å²) in [6.45, 7) is 20.0. The number of aliphatic hydroxyl groups excluding tert-OH is 2. The van der Waals surface area contributed by atoms with Gasteiger partial charge in [-0.2, -0.15) is 0 Å². The summed E-state index contributed by atoms with van der Waals surface area (Å²) in [4.78, 5) is 54.9. The van der Waals surface area contributed by atoms with Crippen LogP contribution in [0.4, 0.5) is 5.69 Å². The van der Waals surface area contributed by atoms with Gasteiger partial charge in [-0.15, -0.1) is 0 Å². The summed E-state index contributed by atoms with van der Waals surface area (Å²) in [5.74, 6) is -8.03. The number of amides is 2. The molecular formula is C49H71N3O13. The van der Waals surface area contributed by atoms with E-state index in [1.165, 1.54) is 52.4 Å². The number of phenolic OH excluding ortho intramolecular Hbond substituents is 2. The quantitative estimate of drug-likeness (QED) is 0.0771. The number of benzene rings is 2. The fraction of sp³-hybridized carbons (Fsp3) is 0.592. The Balaban J connectivity index is 1.94. The van der Waals surface area contributed by atoms with Gasteiger partial charge in [-0.25, -0.2) is 5.01 Å². The molecule has 5 N–H and O–H groups in total. The number of nitrogens with one attached hydrogen (secondary N) is 1. The van der Waals surface area contributed by atoms with Crippen LogP contribution in [-0.4, -0.2) is 118 Å². The third-order valence-electron chi connectivity index (χ3n) is 12.5. The number of rotatable bonds is 13. The van der Waals surface area contributed by atoms with Gasteiger partial charge in [0.1, 0.15) is 23.4 Å². The number of aromatic hydroxyl groups is 2. The number of phenols is 2. The fourth-order valence-electron chi connectivity index (χ4n) is 8.56. The predicted molar refractivity (Wildman–Crippen MR) is 246 cm³/mol. The number of hydrazine groups is 1. The second-order valence-electron chi connectivity index (χ2n) is 17.5. The number of ether oxygens (including phenoxy) is 5. The number of ketones is 1. The maximum Gasteiger partial charge on any atom is 0.312 e. The highest BCUT2D eigenvalue weighted by Gasteiger charge is 2.50. The number of aliphatic hydroxyl groups is 2. The minimum Gasteiger partial charge on any atom is -0.507 e. The van der Waals surface area contributed by atoms with Gasteiger partial charge in [-0.05, 0) is 39.2 Å². The number of Topliss-reactive ketones (excluding diaryl/α,β-unsaturated/α-hetero) is 1. The van der Waals surface area contributed by atoms with Crippen LogP contribution in [-0.2, 0) is 28.6 Å². The third-order valence-corrected chi connectivity index (χ3v) is 12.5. The zero-order chi connectivity index (χ0) is 48.5. The number of carbonyl (C=O) groups excluding carboxylic acids is 4. The molecule has 0 aromatic heterocycles. The topological polar surface area (TPSA) is 214 Å². The minimum absolute atomic E-state index is 0.0547. The molecule has 65 heavy (non-hydrogen) atoms. The molecule has 5 bridgehead atoms. The molecule has 16 heteroatoms. The molecule has 0 fully saturated rings. The van der Waals surface area contributed by atoms with E-state index in [4.69, 9.17) is 23.7 Å². The van der Waals surface area contributed by atoms with Crippen molar-refractivity contribution in [3.63, 3.8) is 0 Å². The van der Waals surface area contributed by atoms with Crippen molar-refractivity contribution in [1.29, 1.82) is 0 Å². The first-order valence-corrected chi connectivity index (χ1v) is 22.7. The average Bonchev–Trinajstić information content (AvgIpc) is 3.53. The molecule has 2 amide bonds. The van der Waals surface area contributed by atoms with E-state index < -0.39 is 89.6 Å². The van der Waals surface area contributed by atoms with Gasteiger partial charge in [-0.3, -0.25) is 24.2 Å². The summed E-state index contributed by atoms with van der Waals surface area (Å²) in [5, 5.41) is 52.7. The molecule has 0 saturated heterocycles. The number of unbranched alkanes of at least 4 members (excludes halogenated alkanes) is 1. The molecule has 0 spiro atoms. The molecule has 16 nitrogen and oxygen atoms in total. The van der Waals surface area contributed by atoms with Crippen molar-refractivity contribution in [3.8, 4) is 23.0 Å². The Bertz CT molecular complexity index is 2130. The first-order valence-electron chi connectivity index (χ1n) is 22.7. The Morgan fingerprint density at radius 1 is 0.892 bits per heavy atom. The van der Waals surface area contributed by atoms with Gasteiger partial charge in [0.05, 0.1) is 41.2 Å². The van der Waals surface area contributed by atoms with Crippen molar-refractivity contribution in [2.24, 2.45) is 23.7 Å². The van der Waals surface area contributed by atoms with Crippen LogP contribution in [0.1, 0.15) is 111 Å². The smallest absolute Gasteiger partial charge is 0.312 e. The molecule has 9 atom stereocenters. The van der Waals surface area contributed by atoms with Gasteiger partial charge >= 0.3 is 11.8 Å². The summed E-state index contributed by atoms with van der Waals surface area (Å²) >= 11 is 0. The van der Waals surface area contributed by atoms with E-state index in [-0.39, 0.29) is 50.6 Å². The number of fused-ring (bicyclic) bond motifs is 14. The van der Waals surface area contributed by atoms with Crippen molar-refractivity contribution in [3.05, 3.63) is 53.3 Å². The van der Waals surface area contributed by atoms with Crippen LogP contribution in [0.5, 0.6) is 23.0 Å². The molecule has 0 aliphatic carbocycles. The van der Waals surface area contributed by atoms with Crippen LogP contribution >= 0.6 is 0 Å². The second-order valence-corrected chi connectivity index (χ2v) is 17.5. The molecular weight excluding hydrogens is 839 g/mol. The van der Waals surface area contributed by atoms with Crippen molar-refractivity contribution < 1.29 is 63.3 Å². The third kappa shape index (κ3) is 11.6. The lowest BCUT2D eigenvalue weighted by atomic mass is 9.78. The van der Waals surface area contributed by atoms with E-state index in [2.05, 4.69) is 5.32 Å². The van der Waals surface area contributed by atoms with Crippen LogP contribution in [0.2, 0.25) is 0 Å². The van der Waals surface area contributed by atoms with Gasteiger partial charge in [0, 0.05) is 86.9 Å². The Hall–Kier alpha value is -5.16. The normalized spacial score (nSPS) is 27.5.